The molecule has 0 radical (unpaired) electrons. The van der Waals surface area contributed by atoms with E-state index < -0.39 is 0 Å². The predicted octanol–water partition coefficient (Wildman–Crippen LogP) is 8.65. The van der Waals surface area contributed by atoms with Crippen LogP contribution in [0.25, 0.3) is 44.1 Å². The molecule has 0 aliphatic carbocycles. The Morgan fingerprint density at radius 2 is 1.49 bits per heavy atom. The van der Waals surface area contributed by atoms with E-state index in [1.54, 1.807) is 22.7 Å². The van der Waals surface area contributed by atoms with Crippen LogP contribution in [0.5, 0.6) is 0 Å². The van der Waals surface area contributed by atoms with Crippen molar-refractivity contribution in [3.8, 4) is 21.7 Å². The molecule has 7 heteroatoms. The summed E-state index contributed by atoms with van der Waals surface area (Å²) in [6.07, 6.45) is 5.28. The molecular weight excluding hydrogens is 635 g/mol. The normalized spacial score (nSPS) is 14.8. The predicted molar refractivity (Wildman–Crippen MR) is 203 cm³/mol. The van der Waals surface area contributed by atoms with Crippen LogP contribution in [0.1, 0.15) is 39.1 Å². The van der Waals surface area contributed by atoms with Crippen LogP contribution in [0.2, 0.25) is 0 Å². The molecule has 0 saturated carbocycles. The number of fused-ring (bicyclic) bond motifs is 3. The molecule has 0 N–H and O–H groups in total. The van der Waals surface area contributed by atoms with Crippen LogP contribution < -0.4 is 24.2 Å². The second kappa shape index (κ2) is 13.5. The molecule has 1 aliphatic heterocycles. The summed E-state index contributed by atoms with van der Waals surface area (Å²) in [5.74, 6) is 0. The highest BCUT2D eigenvalue weighted by Gasteiger charge is 2.28. The molecule has 0 amide bonds. The first kappa shape index (κ1) is 31.4. The van der Waals surface area contributed by atoms with E-state index in [2.05, 4.69) is 146 Å². The van der Waals surface area contributed by atoms with Crippen molar-refractivity contribution in [2.75, 3.05) is 11.4 Å². The Hall–Kier alpha value is -4.17. The van der Waals surface area contributed by atoms with E-state index in [1.807, 2.05) is 16.3 Å². The van der Waals surface area contributed by atoms with Crippen LogP contribution in [0.15, 0.2) is 118 Å². The van der Waals surface area contributed by atoms with Crippen molar-refractivity contribution in [2.45, 2.75) is 52.1 Å². The maximum atomic E-state index is 14.1. The standard InChI is InChI=1S/C40H38N3OS3/c1-5-27(25-33-41(6-2)32-24-23-28-17-15-16-22-31(28)39(32)47-33)38-40(44)43(8-4)35(46-38)26-34-42(7-3)36(29-18-11-9-12-19-29)37(45-34)30-20-13-10-14-21-30/h9-26H,5-8H2,1-4H3/q+1/b33-25?,38-27+. The Balaban J connectivity index is 1.40. The van der Waals surface area contributed by atoms with Crippen LogP contribution in [0.3, 0.4) is 0 Å². The molecule has 4 aromatic carbocycles. The van der Waals surface area contributed by atoms with E-state index in [9.17, 15) is 4.79 Å². The van der Waals surface area contributed by atoms with Crippen LogP contribution >= 0.6 is 34.4 Å². The van der Waals surface area contributed by atoms with Gasteiger partial charge in [-0.1, -0.05) is 109 Å². The Morgan fingerprint density at radius 1 is 0.787 bits per heavy atom. The highest BCUT2D eigenvalue weighted by Crippen LogP contribution is 2.49. The van der Waals surface area contributed by atoms with Crippen molar-refractivity contribution in [2.24, 2.45) is 0 Å². The molecule has 236 valence electrons. The molecule has 0 fully saturated rings. The lowest BCUT2D eigenvalue weighted by Crippen LogP contribution is -2.37. The quantitative estimate of drug-likeness (QED) is 0.152. The third kappa shape index (κ3) is 5.71. The molecule has 0 unspecified atom stereocenters. The fourth-order valence-electron chi connectivity index (χ4n) is 6.41. The van der Waals surface area contributed by atoms with Gasteiger partial charge >= 0.3 is 0 Å². The first-order chi connectivity index (χ1) is 23.1. The average Bonchev–Trinajstić information content (AvgIpc) is 3.78. The van der Waals surface area contributed by atoms with E-state index in [4.69, 9.17) is 0 Å². The van der Waals surface area contributed by atoms with Gasteiger partial charge in [-0.2, -0.15) is 4.57 Å². The summed E-state index contributed by atoms with van der Waals surface area (Å²) in [4.78, 5) is 19.0. The van der Waals surface area contributed by atoms with Gasteiger partial charge in [0, 0.05) is 23.5 Å². The summed E-state index contributed by atoms with van der Waals surface area (Å²) >= 11 is 5.24. The number of nitrogens with zero attached hydrogens (tertiary/aromatic N) is 3. The Bertz CT molecular complexity index is 2300. The van der Waals surface area contributed by atoms with Gasteiger partial charge in [0.15, 0.2) is 0 Å². The molecule has 4 nitrogen and oxygen atoms in total. The average molecular weight is 673 g/mol. The van der Waals surface area contributed by atoms with Gasteiger partial charge in [0.2, 0.25) is 5.69 Å². The molecule has 0 spiro atoms. The molecular formula is C40H38N3OS3+. The number of thioether (sulfide) groups is 1. The summed E-state index contributed by atoms with van der Waals surface area (Å²) < 4.78 is 6.16. The van der Waals surface area contributed by atoms with E-state index in [0.717, 1.165) is 39.3 Å². The Labute approximate surface area is 288 Å². The van der Waals surface area contributed by atoms with Gasteiger partial charge in [0.05, 0.1) is 21.3 Å². The molecule has 7 rings (SSSR count). The number of allylic oxidation sites excluding steroid dienone is 1. The monoisotopic (exact) mass is 672 g/mol. The minimum atomic E-state index is 0.0950. The summed E-state index contributed by atoms with van der Waals surface area (Å²) in [7, 11) is 0. The zero-order valence-electron chi connectivity index (χ0n) is 27.2. The number of aromatic nitrogens is 2. The lowest BCUT2D eigenvalue weighted by atomic mass is 10.1. The number of hydrogen-bond acceptors (Lipinski definition) is 5. The number of hydrogen-bond donors (Lipinski definition) is 0. The number of benzene rings is 4. The van der Waals surface area contributed by atoms with Crippen LogP contribution in [0.4, 0.5) is 5.69 Å². The zero-order chi connectivity index (χ0) is 32.5. The van der Waals surface area contributed by atoms with Crippen molar-refractivity contribution in [1.29, 1.82) is 0 Å². The zero-order valence-corrected chi connectivity index (χ0v) is 29.6. The van der Waals surface area contributed by atoms with Crippen LogP contribution in [-0.2, 0) is 13.1 Å². The molecule has 2 aromatic heterocycles. The third-order valence-electron chi connectivity index (χ3n) is 8.74. The molecule has 3 heterocycles. The van der Waals surface area contributed by atoms with E-state index in [0.29, 0.717) is 6.54 Å². The van der Waals surface area contributed by atoms with Crippen molar-refractivity contribution in [1.82, 2.24) is 4.57 Å². The first-order valence-electron chi connectivity index (χ1n) is 16.4. The highest BCUT2D eigenvalue weighted by atomic mass is 32.2. The fraction of sp³-hybridized carbons (Fsp3) is 0.200. The van der Waals surface area contributed by atoms with Crippen molar-refractivity contribution < 1.29 is 4.57 Å². The summed E-state index contributed by atoms with van der Waals surface area (Å²) in [6, 6.07) is 34.3. The Morgan fingerprint density at radius 3 is 2.17 bits per heavy atom. The minimum absolute atomic E-state index is 0.0950. The van der Waals surface area contributed by atoms with Gasteiger partial charge in [0.1, 0.15) is 16.1 Å². The second-order valence-corrected chi connectivity index (χ2v) is 14.5. The molecule has 0 saturated heterocycles. The Kier molecular flexibility index (Phi) is 9.04. The minimum Gasteiger partial charge on any atom is -0.335 e. The summed E-state index contributed by atoms with van der Waals surface area (Å²) in [5, 5.41) is 4.85. The smallest absolute Gasteiger partial charge is 0.269 e. The third-order valence-corrected chi connectivity index (χ3v) is 12.3. The van der Waals surface area contributed by atoms with Gasteiger partial charge in [-0.15, -0.1) is 11.3 Å². The van der Waals surface area contributed by atoms with Crippen LogP contribution in [0, 0.1) is 0 Å². The van der Waals surface area contributed by atoms with Gasteiger partial charge < -0.3 is 4.90 Å². The van der Waals surface area contributed by atoms with Crippen LogP contribution in [-0.4, -0.2) is 11.1 Å². The topological polar surface area (TPSA) is 29.1 Å². The number of thiazole rings is 2. The van der Waals surface area contributed by atoms with E-state index in [-0.39, 0.29) is 5.56 Å². The van der Waals surface area contributed by atoms with Gasteiger partial charge in [-0.3, -0.25) is 9.36 Å². The maximum absolute atomic E-state index is 14.1. The number of anilines is 1. The summed E-state index contributed by atoms with van der Waals surface area (Å²) in [5.41, 5.74) is 6.04. The second-order valence-electron chi connectivity index (χ2n) is 11.4. The van der Waals surface area contributed by atoms with Crippen molar-refractivity contribution >= 4 is 62.5 Å². The van der Waals surface area contributed by atoms with Crippen molar-refractivity contribution in [3.63, 3.8) is 0 Å². The maximum Gasteiger partial charge on any atom is 0.269 e. The number of rotatable bonds is 8. The lowest BCUT2D eigenvalue weighted by molar-refractivity contribution is -0.679. The largest absolute Gasteiger partial charge is 0.335 e. The molecule has 6 aromatic rings. The van der Waals surface area contributed by atoms with Gasteiger partial charge in [-0.25, -0.2) is 0 Å². The lowest BCUT2D eigenvalue weighted by Gasteiger charge is -2.18. The highest BCUT2D eigenvalue weighted by molar-refractivity contribution is 8.04. The SMILES string of the molecule is CC/C(C=C1Sc2c(ccc3ccccc23)N1CC)=c1\sc(=Cc2sc(-c3ccccc3)c(-c3ccccc3)[n+]2CC)n(CC)c1=O. The first-order valence-corrected chi connectivity index (χ1v) is 18.8. The molecule has 47 heavy (non-hydrogen) atoms. The summed E-state index contributed by atoms with van der Waals surface area (Å²) in [6.45, 7) is 10.9. The molecule has 0 bridgehead atoms. The molecule has 1 aliphatic rings. The van der Waals surface area contributed by atoms with E-state index in [1.165, 1.54) is 48.1 Å². The fourth-order valence-corrected chi connectivity index (χ4v) is 10.3. The molecule has 0 atom stereocenters. The van der Waals surface area contributed by atoms with Gasteiger partial charge in [-0.05, 0) is 73.4 Å². The van der Waals surface area contributed by atoms with E-state index >= 15 is 0 Å². The van der Waals surface area contributed by atoms with Crippen molar-refractivity contribution in [3.05, 3.63) is 133 Å². The van der Waals surface area contributed by atoms with Gasteiger partial charge in [0.25, 0.3) is 10.6 Å².